The number of amides is 2. The number of carbonyl (C=O) groups is 1. The molecule has 120 valence electrons. The number of benzene rings is 1. The van der Waals surface area contributed by atoms with Crippen molar-refractivity contribution in [2.24, 2.45) is 0 Å². The number of hydrogen-bond donors (Lipinski definition) is 1. The lowest BCUT2D eigenvalue weighted by Crippen LogP contribution is -2.41. The van der Waals surface area contributed by atoms with Gasteiger partial charge in [0.05, 0.1) is 0 Å². The summed E-state index contributed by atoms with van der Waals surface area (Å²) in [4.78, 5) is 16.8. The van der Waals surface area contributed by atoms with E-state index in [9.17, 15) is 4.79 Å². The number of likely N-dealkylation sites (tertiary alicyclic amines) is 1. The molecule has 0 radical (unpaired) electrons. The van der Waals surface area contributed by atoms with Gasteiger partial charge in [0.15, 0.2) is 0 Å². The van der Waals surface area contributed by atoms with Crippen molar-refractivity contribution in [2.75, 3.05) is 26.2 Å². The maximum Gasteiger partial charge on any atom is 0.317 e. The van der Waals surface area contributed by atoms with E-state index in [-0.39, 0.29) is 6.03 Å². The van der Waals surface area contributed by atoms with Gasteiger partial charge in [-0.3, -0.25) is 4.90 Å². The summed E-state index contributed by atoms with van der Waals surface area (Å²) in [5, 5.41) is 6.49. The number of fused-ring (bicyclic) bond motifs is 1. The highest BCUT2D eigenvalue weighted by Gasteiger charge is 2.30. The monoisotopic (exact) mass is 327 g/mol. The van der Waals surface area contributed by atoms with Gasteiger partial charge in [0, 0.05) is 43.5 Å². The molecule has 2 aromatic rings. The average molecular weight is 327 g/mol. The molecule has 3 heterocycles. The van der Waals surface area contributed by atoms with Crippen LogP contribution in [-0.4, -0.2) is 48.1 Å². The van der Waals surface area contributed by atoms with Crippen LogP contribution in [0.25, 0.3) is 10.1 Å². The van der Waals surface area contributed by atoms with Crippen molar-refractivity contribution in [3.05, 3.63) is 47.4 Å². The van der Waals surface area contributed by atoms with E-state index in [0.717, 1.165) is 32.6 Å². The number of thiophene rings is 1. The van der Waals surface area contributed by atoms with E-state index in [1.807, 2.05) is 4.90 Å². The molecule has 2 aliphatic heterocycles. The van der Waals surface area contributed by atoms with E-state index in [1.54, 1.807) is 11.3 Å². The van der Waals surface area contributed by atoms with Gasteiger partial charge in [-0.25, -0.2) is 4.79 Å². The van der Waals surface area contributed by atoms with Gasteiger partial charge in [0.25, 0.3) is 0 Å². The van der Waals surface area contributed by atoms with Crippen LogP contribution in [0.15, 0.2) is 41.8 Å². The smallest absolute Gasteiger partial charge is 0.317 e. The van der Waals surface area contributed by atoms with Crippen molar-refractivity contribution < 1.29 is 4.79 Å². The van der Waals surface area contributed by atoms with Gasteiger partial charge in [0.1, 0.15) is 0 Å². The minimum atomic E-state index is 0.0648. The van der Waals surface area contributed by atoms with Gasteiger partial charge >= 0.3 is 6.03 Å². The summed E-state index contributed by atoms with van der Waals surface area (Å²) in [5.74, 6) is 0. The molecule has 0 unspecified atom stereocenters. The van der Waals surface area contributed by atoms with E-state index >= 15 is 0 Å². The minimum Gasteiger partial charge on any atom is -0.334 e. The second-order valence-corrected chi connectivity index (χ2v) is 7.14. The number of nitrogens with zero attached hydrogens (tertiary/aromatic N) is 2. The number of rotatable bonds is 3. The zero-order valence-corrected chi connectivity index (χ0v) is 13.9. The SMILES string of the molecule is O=C(NCc1csc2ccccc12)N1CC[C@@H](N2CC=CC2)C1. The highest BCUT2D eigenvalue weighted by molar-refractivity contribution is 7.17. The van der Waals surface area contributed by atoms with Crippen molar-refractivity contribution in [2.45, 2.75) is 19.0 Å². The molecule has 23 heavy (non-hydrogen) atoms. The third kappa shape index (κ3) is 2.99. The Morgan fingerprint density at radius 1 is 1.26 bits per heavy atom. The van der Waals surface area contributed by atoms with Crippen LogP contribution in [0.3, 0.4) is 0 Å². The Kier molecular flexibility index (Phi) is 4.06. The molecule has 0 bridgehead atoms. The van der Waals surface area contributed by atoms with Gasteiger partial charge in [-0.05, 0) is 28.8 Å². The van der Waals surface area contributed by atoms with Gasteiger partial charge in [-0.2, -0.15) is 0 Å². The van der Waals surface area contributed by atoms with E-state index in [2.05, 4.69) is 52.0 Å². The third-order valence-electron chi connectivity index (χ3n) is 4.80. The van der Waals surface area contributed by atoms with Crippen LogP contribution in [0, 0.1) is 0 Å². The Hall–Kier alpha value is -1.85. The summed E-state index contributed by atoms with van der Waals surface area (Å²) in [5.41, 5.74) is 1.21. The molecular formula is C18H21N3OS. The highest BCUT2D eigenvalue weighted by atomic mass is 32.1. The van der Waals surface area contributed by atoms with Crippen LogP contribution < -0.4 is 5.32 Å². The quantitative estimate of drug-likeness (QED) is 0.880. The van der Waals surface area contributed by atoms with Gasteiger partial charge in [0.2, 0.25) is 0 Å². The Morgan fingerprint density at radius 2 is 2.09 bits per heavy atom. The van der Waals surface area contributed by atoms with Crippen molar-refractivity contribution in [1.29, 1.82) is 0 Å². The molecule has 1 aromatic heterocycles. The standard InChI is InChI=1S/C18H21N3OS/c22-18(21-10-7-15(12-21)20-8-3-4-9-20)19-11-14-13-23-17-6-2-1-5-16(14)17/h1-6,13,15H,7-12H2,(H,19,22)/t15-/m1/s1. The van der Waals surface area contributed by atoms with Crippen molar-refractivity contribution in [3.8, 4) is 0 Å². The molecule has 0 aliphatic carbocycles. The number of nitrogens with one attached hydrogen (secondary N) is 1. The van der Waals surface area contributed by atoms with Crippen molar-refractivity contribution in [3.63, 3.8) is 0 Å². The van der Waals surface area contributed by atoms with Crippen LogP contribution >= 0.6 is 11.3 Å². The van der Waals surface area contributed by atoms with E-state index in [4.69, 9.17) is 0 Å². The lowest BCUT2D eigenvalue weighted by Gasteiger charge is -2.23. The first-order chi connectivity index (χ1) is 11.3. The highest BCUT2D eigenvalue weighted by Crippen LogP contribution is 2.25. The zero-order chi connectivity index (χ0) is 15.6. The summed E-state index contributed by atoms with van der Waals surface area (Å²) < 4.78 is 1.28. The largest absolute Gasteiger partial charge is 0.334 e. The summed E-state index contributed by atoms with van der Waals surface area (Å²) in [6.45, 7) is 4.37. The molecule has 4 nitrogen and oxygen atoms in total. The van der Waals surface area contributed by atoms with Crippen LogP contribution in [0.1, 0.15) is 12.0 Å². The first-order valence-electron chi connectivity index (χ1n) is 8.18. The van der Waals surface area contributed by atoms with Gasteiger partial charge in [-0.1, -0.05) is 30.4 Å². The molecule has 1 fully saturated rings. The number of carbonyl (C=O) groups excluding carboxylic acids is 1. The third-order valence-corrected chi connectivity index (χ3v) is 5.82. The lowest BCUT2D eigenvalue weighted by molar-refractivity contribution is 0.199. The Bertz CT molecular complexity index is 731. The fourth-order valence-electron chi connectivity index (χ4n) is 3.47. The van der Waals surface area contributed by atoms with Crippen LogP contribution in [0.2, 0.25) is 0 Å². The van der Waals surface area contributed by atoms with Gasteiger partial charge < -0.3 is 10.2 Å². The van der Waals surface area contributed by atoms with E-state index in [0.29, 0.717) is 12.6 Å². The molecule has 1 N–H and O–H groups in total. The summed E-state index contributed by atoms with van der Waals surface area (Å²) in [7, 11) is 0. The van der Waals surface area contributed by atoms with Crippen molar-refractivity contribution in [1.82, 2.24) is 15.1 Å². The fraction of sp³-hybridized carbons (Fsp3) is 0.389. The Labute approximate surface area is 140 Å². The van der Waals surface area contributed by atoms with E-state index < -0.39 is 0 Å². The normalized spacial score (nSPS) is 21.4. The summed E-state index contributed by atoms with van der Waals surface area (Å²) >= 11 is 1.74. The number of hydrogen-bond acceptors (Lipinski definition) is 3. The first kappa shape index (κ1) is 14.7. The predicted molar refractivity (Wildman–Crippen MR) is 94.8 cm³/mol. The molecule has 4 rings (SSSR count). The zero-order valence-electron chi connectivity index (χ0n) is 13.1. The van der Waals surface area contributed by atoms with Crippen LogP contribution in [0.4, 0.5) is 4.79 Å². The van der Waals surface area contributed by atoms with Crippen molar-refractivity contribution >= 4 is 27.5 Å². The molecule has 5 heteroatoms. The molecule has 1 aromatic carbocycles. The summed E-state index contributed by atoms with van der Waals surface area (Å²) in [6.07, 6.45) is 5.51. The molecule has 0 spiro atoms. The topological polar surface area (TPSA) is 35.6 Å². The Balaban J connectivity index is 1.33. The van der Waals surface area contributed by atoms with Crippen LogP contribution in [0.5, 0.6) is 0 Å². The molecule has 0 saturated carbocycles. The molecule has 1 atom stereocenters. The molecule has 1 saturated heterocycles. The maximum absolute atomic E-state index is 12.4. The number of urea groups is 1. The molecule has 2 aliphatic rings. The van der Waals surface area contributed by atoms with Crippen LogP contribution in [-0.2, 0) is 6.54 Å². The molecular weight excluding hydrogens is 306 g/mol. The predicted octanol–water partition coefficient (Wildman–Crippen LogP) is 3.06. The maximum atomic E-state index is 12.4. The molecule has 2 amide bonds. The second kappa shape index (κ2) is 6.34. The van der Waals surface area contributed by atoms with Gasteiger partial charge in [-0.15, -0.1) is 11.3 Å². The van der Waals surface area contributed by atoms with E-state index in [1.165, 1.54) is 15.6 Å². The fourth-order valence-corrected chi connectivity index (χ4v) is 4.43. The minimum absolute atomic E-state index is 0.0648. The average Bonchev–Trinajstić information content (AvgIpc) is 3.31. The Morgan fingerprint density at radius 3 is 2.96 bits per heavy atom. The first-order valence-corrected chi connectivity index (χ1v) is 9.06. The second-order valence-electron chi connectivity index (χ2n) is 6.23. The summed E-state index contributed by atoms with van der Waals surface area (Å²) in [6, 6.07) is 8.93. The lowest BCUT2D eigenvalue weighted by atomic mass is 10.2.